The molecule has 1 aliphatic heterocycles. The van der Waals surface area contributed by atoms with E-state index in [1.165, 1.54) is 6.07 Å². The van der Waals surface area contributed by atoms with Gasteiger partial charge in [0.05, 0.1) is 4.92 Å². The van der Waals surface area contributed by atoms with Gasteiger partial charge in [0.15, 0.2) is 5.75 Å². The molecule has 2 unspecified atom stereocenters. The highest BCUT2D eigenvalue weighted by Crippen LogP contribution is 2.35. The van der Waals surface area contributed by atoms with E-state index in [2.05, 4.69) is 12.2 Å². The molecule has 1 fully saturated rings. The van der Waals surface area contributed by atoms with E-state index in [0.29, 0.717) is 12.5 Å². The number of hydrogen-bond donors (Lipinski definition) is 1. The molecule has 6 heteroatoms. The van der Waals surface area contributed by atoms with Crippen molar-refractivity contribution in [2.45, 2.75) is 19.4 Å². The summed E-state index contributed by atoms with van der Waals surface area (Å²) in [5, 5.41) is 14.3. The lowest BCUT2D eigenvalue weighted by Gasteiger charge is -2.29. The van der Waals surface area contributed by atoms with E-state index in [1.54, 1.807) is 12.1 Å². The lowest BCUT2D eigenvalue weighted by molar-refractivity contribution is -0.386. The molecular formula is C12H15ClN2O3. The molecular weight excluding hydrogens is 256 g/mol. The average molecular weight is 271 g/mol. The number of halogens is 1. The first-order valence-corrected chi connectivity index (χ1v) is 6.27. The fourth-order valence-corrected chi connectivity index (χ4v) is 2.28. The van der Waals surface area contributed by atoms with Crippen LogP contribution >= 0.6 is 11.6 Å². The van der Waals surface area contributed by atoms with Crippen LogP contribution in [0.15, 0.2) is 18.2 Å². The first-order valence-electron chi connectivity index (χ1n) is 5.90. The molecule has 1 aliphatic rings. The van der Waals surface area contributed by atoms with Crippen LogP contribution in [0.1, 0.15) is 13.3 Å². The summed E-state index contributed by atoms with van der Waals surface area (Å²) in [6.45, 7) is 3.74. The Morgan fingerprint density at radius 2 is 2.33 bits per heavy atom. The molecule has 0 radical (unpaired) electrons. The average Bonchev–Trinajstić information content (AvgIpc) is 2.31. The van der Waals surface area contributed by atoms with Gasteiger partial charge < -0.3 is 10.1 Å². The molecule has 0 aromatic heterocycles. The lowest BCUT2D eigenvalue weighted by atomic mass is 9.97. The second kappa shape index (κ2) is 5.54. The summed E-state index contributed by atoms with van der Waals surface area (Å²) >= 11 is 5.84. The molecule has 0 amide bonds. The number of piperidine rings is 1. The fourth-order valence-electron chi connectivity index (χ4n) is 2.05. The third kappa shape index (κ3) is 2.73. The van der Waals surface area contributed by atoms with Crippen molar-refractivity contribution in [3.8, 4) is 5.75 Å². The van der Waals surface area contributed by atoms with Gasteiger partial charge in [-0.25, -0.2) is 0 Å². The van der Waals surface area contributed by atoms with Crippen molar-refractivity contribution in [2.75, 3.05) is 13.1 Å². The van der Waals surface area contributed by atoms with Crippen molar-refractivity contribution < 1.29 is 9.66 Å². The molecule has 0 spiro atoms. The van der Waals surface area contributed by atoms with Crippen molar-refractivity contribution >= 4 is 17.3 Å². The molecule has 2 rings (SSSR count). The van der Waals surface area contributed by atoms with Crippen LogP contribution in [0.4, 0.5) is 5.69 Å². The molecule has 98 valence electrons. The van der Waals surface area contributed by atoms with Crippen molar-refractivity contribution in [3.05, 3.63) is 33.3 Å². The molecule has 0 bridgehead atoms. The first kappa shape index (κ1) is 13.1. The third-order valence-electron chi connectivity index (χ3n) is 3.17. The van der Waals surface area contributed by atoms with Crippen LogP contribution in [0.3, 0.4) is 0 Å². The SMILES string of the molecule is CC1CCNCC1Oc1cccc(Cl)c1[N+](=O)[O-]. The molecule has 1 saturated heterocycles. The Hall–Kier alpha value is -1.33. The summed E-state index contributed by atoms with van der Waals surface area (Å²) in [6.07, 6.45) is 0.940. The third-order valence-corrected chi connectivity index (χ3v) is 3.47. The van der Waals surface area contributed by atoms with Crippen LogP contribution in [0, 0.1) is 16.0 Å². The summed E-state index contributed by atoms with van der Waals surface area (Å²) in [7, 11) is 0. The van der Waals surface area contributed by atoms with Crippen molar-refractivity contribution in [1.82, 2.24) is 5.32 Å². The zero-order valence-electron chi connectivity index (χ0n) is 10.1. The van der Waals surface area contributed by atoms with E-state index in [-0.39, 0.29) is 22.6 Å². The maximum Gasteiger partial charge on any atom is 0.329 e. The summed E-state index contributed by atoms with van der Waals surface area (Å²) < 4.78 is 5.75. The highest BCUT2D eigenvalue weighted by Gasteiger charge is 2.27. The number of nitrogens with zero attached hydrogens (tertiary/aromatic N) is 1. The summed E-state index contributed by atoms with van der Waals surface area (Å²) in [6, 6.07) is 4.74. The molecule has 1 heterocycles. The smallest absolute Gasteiger partial charge is 0.329 e. The maximum atomic E-state index is 11.0. The highest BCUT2D eigenvalue weighted by atomic mass is 35.5. The Bertz CT molecular complexity index is 453. The van der Waals surface area contributed by atoms with Crippen LogP contribution < -0.4 is 10.1 Å². The normalized spacial score (nSPS) is 23.7. The van der Waals surface area contributed by atoms with E-state index in [4.69, 9.17) is 16.3 Å². The molecule has 1 N–H and O–H groups in total. The van der Waals surface area contributed by atoms with Crippen LogP contribution in [0.25, 0.3) is 0 Å². The minimum absolute atomic E-state index is 0.0593. The molecule has 1 aromatic rings. The van der Waals surface area contributed by atoms with Gasteiger partial charge >= 0.3 is 5.69 Å². The predicted molar refractivity (Wildman–Crippen MR) is 69.2 cm³/mol. The van der Waals surface area contributed by atoms with E-state index >= 15 is 0 Å². The van der Waals surface area contributed by atoms with Gasteiger partial charge in [0.1, 0.15) is 11.1 Å². The molecule has 2 atom stereocenters. The van der Waals surface area contributed by atoms with E-state index in [9.17, 15) is 10.1 Å². The summed E-state index contributed by atoms with van der Waals surface area (Å²) in [5.41, 5.74) is -0.156. The zero-order valence-corrected chi connectivity index (χ0v) is 10.8. The number of hydrogen-bond acceptors (Lipinski definition) is 4. The van der Waals surface area contributed by atoms with E-state index in [0.717, 1.165) is 13.0 Å². The van der Waals surface area contributed by atoms with Gasteiger partial charge in [-0.2, -0.15) is 0 Å². The van der Waals surface area contributed by atoms with Crippen molar-refractivity contribution in [3.63, 3.8) is 0 Å². The van der Waals surface area contributed by atoms with Gasteiger partial charge in [-0.3, -0.25) is 10.1 Å². The van der Waals surface area contributed by atoms with Crippen molar-refractivity contribution in [2.24, 2.45) is 5.92 Å². The van der Waals surface area contributed by atoms with Crippen LogP contribution in [0.2, 0.25) is 5.02 Å². The number of nitrogens with one attached hydrogen (secondary N) is 1. The number of ether oxygens (including phenoxy) is 1. The van der Waals surface area contributed by atoms with Gasteiger partial charge in [0.2, 0.25) is 0 Å². The standard InChI is InChI=1S/C12H15ClN2O3/c1-8-5-6-14-7-11(8)18-10-4-2-3-9(13)12(10)15(16)17/h2-4,8,11,14H,5-7H2,1H3. The van der Waals surface area contributed by atoms with Crippen LogP contribution in [0.5, 0.6) is 5.75 Å². The molecule has 0 aliphatic carbocycles. The Balaban J connectivity index is 2.23. The quantitative estimate of drug-likeness (QED) is 0.677. The summed E-state index contributed by atoms with van der Waals surface area (Å²) in [5.74, 6) is 0.609. The number of benzene rings is 1. The Kier molecular flexibility index (Phi) is 4.04. The number of nitro groups is 1. The van der Waals surface area contributed by atoms with Gasteiger partial charge in [-0.15, -0.1) is 0 Å². The first-order chi connectivity index (χ1) is 8.59. The number of rotatable bonds is 3. The van der Waals surface area contributed by atoms with Gasteiger partial charge in [0, 0.05) is 6.54 Å². The maximum absolute atomic E-state index is 11.0. The summed E-state index contributed by atoms with van der Waals surface area (Å²) in [4.78, 5) is 10.5. The minimum Gasteiger partial charge on any atom is -0.482 e. The highest BCUT2D eigenvalue weighted by molar-refractivity contribution is 6.32. The molecule has 18 heavy (non-hydrogen) atoms. The van der Waals surface area contributed by atoms with Gasteiger partial charge in [-0.1, -0.05) is 24.6 Å². The second-order valence-electron chi connectivity index (χ2n) is 4.47. The topological polar surface area (TPSA) is 64.4 Å². The van der Waals surface area contributed by atoms with Crippen molar-refractivity contribution in [1.29, 1.82) is 0 Å². The second-order valence-corrected chi connectivity index (χ2v) is 4.88. The molecule has 5 nitrogen and oxygen atoms in total. The largest absolute Gasteiger partial charge is 0.482 e. The minimum atomic E-state index is -0.501. The molecule has 1 aromatic carbocycles. The predicted octanol–water partition coefficient (Wildman–Crippen LogP) is 2.63. The van der Waals surface area contributed by atoms with Crippen LogP contribution in [-0.4, -0.2) is 24.1 Å². The monoisotopic (exact) mass is 270 g/mol. The Morgan fingerprint density at radius 1 is 1.56 bits per heavy atom. The van der Waals surface area contributed by atoms with Crippen LogP contribution in [-0.2, 0) is 0 Å². The Labute approximate surface area is 110 Å². The van der Waals surface area contributed by atoms with Gasteiger partial charge in [0.25, 0.3) is 0 Å². The van der Waals surface area contributed by atoms with Gasteiger partial charge in [-0.05, 0) is 31.0 Å². The number of nitro benzene ring substituents is 1. The lowest BCUT2D eigenvalue weighted by Crippen LogP contribution is -2.42. The fraction of sp³-hybridized carbons (Fsp3) is 0.500. The van der Waals surface area contributed by atoms with E-state index in [1.807, 2.05) is 0 Å². The Morgan fingerprint density at radius 3 is 3.00 bits per heavy atom. The molecule has 0 saturated carbocycles. The van der Waals surface area contributed by atoms with E-state index < -0.39 is 4.92 Å². The zero-order chi connectivity index (χ0) is 13.1. The number of para-hydroxylation sites is 1.